The second kappa shape index (κ2) is 5.88. The molecule has 3 aromatic carbocycles. The summed E-state index contributed by atoms with van der Waals surface area (Å²) < 4.78 is 2.13. The summed E-state index contributed by atoms with van der Waals surface area (Å²) >= 11 is 1.71. The molecule has 24 heavy (non-hydrogen) atoms. The number of benzene rings is 3. The number of hydrogen-bond donors (Lipinski definition) is 0. The SMILES string of the molecule is CCc1c(C)cc2sc3ccccc3c(=O)c2c1-c1ccccc1. The maximum atomic E-state index is 13.3. The Balaban J connectivity index is 2.27. The molecule has 0 aliphatic heterocycles. The van der Waals surface area contributed by atoms with Crippen molar-refractivity contribution in [2.45, 2.75) is 20.3 Å². The molecule has 0 amide bonds. The van der Waals surface area contributed by atoms with Gasteiger partial charge in [0, 0.05) is 20.2 Å². The standard InChI is InChI=1S/C22H18OS/c1-3-16-14(2)13-19-21(20(16)15-9-5-4-6-10-15)22(23)17-11-7-8-12-18(17)24-19/h4-13H,3H2,1-2H3. The molecule has 0 radical (unpaired) electrons. The Morgan fingerprint density at radius 2 is 1.62 bits per heavy atom. The van der Waals surface area contributed by atoms with E-state index in [0.717, 1.165) is 37.7 Å². The third kappa shape index (κ3) is 2.26. The van der Waals surface area contributed by atoms with Crippen molar-refractivity contribution in [1.29, 1.82) is 0 Å². The van der Waals surface area contributed by atoms with Gasteiger partial charge in [-0.1, -0.05) is 49.4 Å². The Labute approximate surface area is 145 Å². The lowest BCUT2D eigenvalue weighted by Gasteiger charge is -2.15. The largest absolute Gasteiger partial charge is 0.288 e. The summed E-state index contributed by atoms with van der Waals surface area (Å²) in [4.78, 5) is 13.3. The third-order valence-corrected chi connectivity index (χ3v) is 5.73. The average molecular weight is 330 g/mol. The van der Waals surface area contributed by atoms with Crippen LogP contribution in [0.15, 0.2) is 65.5 Å². The van der Waals surface area contributed by atoms with Gasteiger partial charge < -0.3 is 0 Å². The first-order valence-electron chi connectivity index (χ1n) is 8.24. The molecule has 0 N–H and O–H groups in total. The number of aryl methyl sites for hydroxylation is 1. The van der Waals surface area contributed by atoms with E-state index < -0.39 is 0 Å². The molecule has 1 aromatic heterocycles. The summed E-state index contributed by atoms with van der Waals surface area (Å²) in [6.07, 6.45) is 0.920. The van der Waals surface area contributed by atoms with Gasteiger partial charge >= 0.3 is 0 Å². The van der Waals surface area contributed by atoms with E-state index in [4.69, 9.17) is 0 Å². The second-order valence-corrected chi connectivity index (χ2v) is 7.15. The Kier molecular flexibility index (Phi) is 3.70. The average Bonchev–Trinajstić information content (AvgIpc) is 2.61. The highest BCUT2D eigenvalue weighted by Gasteiger charge is 2.16. The van der Waals surface area contributed by atoms with E-state index in [1.54, 1.807) is 11.3 Å². The van der Waals surface area contributed by atoms with Gasteiger partial charge in [0.05, 0.1) is 0 Å². The molecular weight excluding hydrogens is 312 g/mol. The molecule has 0 saturated heterocycles. The van der Waals surface area contributed by atoms with Crippen LogP contribution < -0.4 is 5.43 Å². The van der Waals surface area contributed by atoms with E-state index in [1.807, 2.05) is 42.5 Å². The lowest BCUT2D eigenvalue weighted by Crippen LogP contribution is -2.05. The van der Waals surface area contributed by atoms with E-state index >= 15 is 0 Å². The van der Waals surface area contributed by atoms with Gasteiger partial charge in [-0.2, -0.15) is 0 Å². The predicted octanol–water partition coefficient (Wildman–Crippen LogP) is 5.95. The van der Waals surface area contributed by atoms with Crippen LogP contribution in [0, 0.1) is 6.92 Å². The second-order valence-electron chi connectivity index (χ2n) is 6.07. The summed E-state index contributed by atoms with van der Waals surface area (Å²) in [7, 11) is 0. The molecule has 1 nitrogen and oxygen atoms in total. The van der Waals surface area contributed by atoms with Crippen molar-refractivity contribution in [3.8, 4) is 11.1 Å². The molecule has 0 unspecified atom stereocenters. The van der Waals surface area contributed by atoms with Gasteiger partial charge in [0.2, 0.25) is 0 Å². The fourth-order valence-electron chi connectivity index (χ4n) is 3.51. The van der Waals surface area contributed by atoms with Gasteiger partial charge in [0.1, 0.15) is 0 Å². The molecule has 0 spiro atoms. The zero-order chi connectivity index (χ0) is 16.7. The molecule has 1 heterocycles. The van der Waals surface area contributed by atoms with Crippen molar-refractivity contribution >= 4 is 31.5 Å². The van der Waals surface area contributed by atoms with Crippen LogP contribution in [0.2, 0.25) is 0 Å². The summed E-state index contributed by atoms with van der Waals surface area (Å²) in [6, 6.07) is 20.4. The Morgan fingerprint density at radius 1 is 0.917 bits per heavy atom. The first-order valence-corrected chi connectivity index (χ1v) is 9.05. The quantitative estimate of drug-likeness (QED) is 0.415. The van der Waals surface area contributed by atoms with Crippen LogP contribution in [-0.2, 0) is 6.42 Å². The van der Waals surface area contributed by atoms with Crippen molar-refractivity contribution in [2.75, 3.05) is 0 Å². The first-order chi connectivity index (χ1) is 11.7. The van der Waals surface area contributed by atoms with Crippen LogP contribution in [-0.4, -0.2) is 0 Å². The summed E-state index contributed by atoms with van der Waals surface area (Å²) in [5, 5.41) is 1.69. The molecule has 2 heteroatoms. The van der Waals surface area contributed by atoms with E-state index in [2.05, 4.69) is 32.0 Å². The highest BCUT2D eigenvalue weighted by Crippen LogP contribution is 2.36. The van der Waals surface area contributed by atoms with Crippen LogP contribution in [0.5, 0.6) is 0 Å². The number of rotatable bonds is 2. The fourth-order valence-corrected chi connectivity index (χ4v) is 4.70. The van der Waals surface area contributed by atoms with Crippen LogP contribution in [0.3, 0.4) is 0 Å². The summed E-state index contributed by atoms with van der Waals surface area (Å²) in [6.45, 7) is 4.31. The molecule has 4 aromatic rings. The van der Waals surface area contributed by atoms with Crippen molar-refractivity contribution in [3.05, 3.63) is 82.0 Å². The monoisotopic (exact) mass is 330 g/mol. The molecule has 0 aliphatic carbocycles. The molecule has 118 valence electrons. The van der Waals surface area contributed by atoms with Gasteiger partial charge in [-0.15, -0.1) is 11.3 Å². The van der Waals surface area contributed by atoms with Crippen LogP contribution >= 0.6 is 11.3 Å². The number of hydrogen-bond acceptors (Lipinski definition) is 2. The molecule has 0 atom stereocenters. The Hall–Kier alpha value is -2.45. The van der Waals surface area contributed by atoms with Crippen LogP contribution in [0.1, 0.15) is 18.1 Å². The minimum atomic E-state index is 0.146. The van der Waals surface area contributed by atoms with Gasteiger partial charge in [-0.05, 0) is 53.8 Å². The Bertz CT molecular complexity index is 1110. The zero-order valence-electron chi connectivity index (χ0n) is 13.8. The van der Waals surface area contributed by atoms with E-state index in [0.29, 0.717) is 0 Å². The van der Waals surface area contributed by atoms with Gasteiger partial charge in [-0.25, -0.2) is 0 Å². The lowest BCUT2D eigenvalue weighted by atomic mass is 9.91. The normalized spacial score (nSPS) is 11.2. The topological polar surface area (TPSA) is 17.1 Å². The molecule has 0 saturated carbocycles. The van der Waals surface area contributed by atoms with Gasteiger partial charge in [-0.3, -0.25) is 4.79 Å². The maximum Gasteiger partial charge on any atom is 0.196 e. The van der Waals surface area contributed by atoms with Crippen LogP contribution in [0.4, 0.5) is 0 Å². The van der Waals surface area contributed by atoms with E-state index in [-0.39, 0.29) is 5.43 Å². The smallest absolute Gasteiger partial charge is 0.196 e. The fraction of sp³-hybridized carbons (Fsp3) is 0.136. The molecule has 4 rings (SSSR count). The Morgan fingerprint density at radius 3 is 2.38 bits per heavy atom. The lowest BCUT2D eigenvalue weighted by molar-refractivity contribution is 1.12. The van der Waals surface area contributed by atoms with Crippen LogP contribution in [0.25, 0.3) is 31.3 Å². The third-order valence-electron chi connectivity index (χ3n) is 4.62. The summed E-state index contributed by atoms with van der Waals surface area (Å²) in [5.74, 6) is 0. The van der Waals surface area contributed by atoms with Crippen molar-refractivity contribution in [1.82, 2.24) is 0 Å². The van der Waals surface area contributed by atoms with Crippen molar-refractivity contribution in [3.63, 3.8) is 0 Å². The highest BCUT2D eigenvalue weighted by atomic mass is 32.1. The minimum absolute atomic E-state index is 0.146. The van der Waals surface area contributed by atoms with Gasteiger partial charge in [0.25, 0.3) is 0 Å². The maximum absolute atomic E-state index is 13.3. The molecular formula is C22H18OS. The predicted molar refractivity (Wildman–Crippen MR) is 105 cm³/mol. The molecule has 0 aliphatic rings. The number of fused-ring (bicyclic) bond motifs is 2. The zero-order valence-corrected chi connectivity index (χ0v) is 14.6. The molecule has 0 bridgehead atoms. The van der Waals surface area contributed by atoms with E-state index in [9.17, 15) is 4.79 Å². The van der Waals surface area contributed by atoms with Crippen molar-refractivity contribution in [2.24, 2.45) is 0 Å². The summed E-state index contributed by atoms with van der Waals surface area (Å²) in [5.41, 5.74) is 4.92. The van der Waals surface area contributed by atoms with Crippen molar-refractivity contribution < 1.29 is 0 Å². The van der Waals surface area contributed by atoms with E-state index in [1.165, 1.54) is 11.1 Å². The first kappa shape index (κ1) is 15.1. The van der Waals surface area contributed by atoms with Gasteiger partial charge in [0.15, 0.2) is 5.43 Å². The molecule has 0 fully saturated rings. The highest BCUT2D eigenvalue weighted by molar-refractivity contribution is 7.24. The minimum Gasteiger partial charge on any atom is -0.288 e.